The summed E-state index contributed by atoms with van der Waals surface area (Å²) in [5, 5.41) is 2.89. The molecule has 0 bridgehead atoms. The molecule has 0 aromatic rings. The van der Waals surface area contributed by atoms with Crippen LogP contribution < -0.4 is 5.32 Å². The van der Waals surface area contributed by atoms with Crippen molar-refractivity contribution in [2.45, 2.75) is 70.8 Å². The summed E-state index contributed by atoms with van der Waals surface area (Å²) in [6.07, 6.45) is 1.91. The minimum absolute atomic E-state index is 0.00352. The molecule has 0 aliphatic carbocycles. The highest BCUT2D eigenvalue weighted by atomic mass is 32.2. The third-order valence-electron chi connectivity index (χ3n) is 3.31. The molecule has 20 heavy (non-hydrogen) atoms. The molecular weight excluding hydrogens is 274 g/mol. The second kappa shape index (κ2) is 6.37. The highest BCUT2D eigenvalue weighted by Crippen LogP contribution is 2.38. The molecule has 5 heteroatoms. The summed E-state index contributed by atoms with van der Waals surface area (Å²) >= 11 is 1.67. The van der Waals surface area contributed by atoms with E-state index in [-0.39, 0.29) is 17.8 Å². The van der Waals surface area contributed by atoms with Gasteiger partial charge in [0.25, 0.3) is 0 Å². The standard InChI is InChI=1S/C15H27NO3S/c1-10(2)11(12(17)19-14(3,4)5)16-13(18)15(6)8-7-9-20-15/h10-11H,7-9H2,1-6H3,(H,16,18)/t11-,15?/m1/s1. The molecule has 0 aromatic carbocycles. The van der Waals surface area contributed by atoms with Crippen LogP contribution >= 0.6 is 11.8 Å². The van der Waals surface area contributed by atoms with Gasteiger partial charge in [-0.2, -0.15) is 0 Å². The third-order valence-corrected chi connectivity index (χ3v) is 4.83. The molecule has 1 heterocycles. The molecule has 1 amide bonds. The van der Waals surface area contributed by atoms with E-state index in [9.17, 15) is 9.59 Å². The monoisotopic (exact) mass is 301 g/mol. The highest BCUT2D eigenvalue weighted by molar-refractivity contribution is 8.01. The first-order chi connectivity index (χ1) is 9.05. The van der Waals surface area contributed by atoms with Gasteiger partial charge in [0.1, 0.15) is 11.6 Å². The predicted molar refractivity (Wildman–Crippen MR) is 82.7 cm³/mol. The van der Waals surface area contributed by atoms with Crippen LogP contribution in [0, 0.1) is 5.92 Å². The Morgan fingerprint density at radius 2 is 1.90 bits per heavy atom. The van der Waals surface area contributed by atoms with Gasteiger partial charge < -0.3 is 10.1 Å². The number of carbonyl (C=O) groups is 2. The number of amides is 1. The van der Waals surface area contributed by atoms with Gasteiger partial charge in [-0.3, -0.25) is 4.79 Å². The molecule has 1 N–H and O–H groups in total. The lowest BCUT2D eigenvalue weighted by Crippen LogP contribution is -2.52. The first kappa shape index (κ1) is 17.3. The van der Waals surface area contributed by atoms with E-state index >= 15 is 0 Å². The summed E-state index contributed by atoms with van der Waals surface area (Å²) in [7, 11) is 0. The molecule has 1 saturated heterocycles. The zero-order valence-electron chi connectivity index (χ0n) is 13.4. The van der Waals surface area contributed by atoms with Gasteiger partial charge in [0.2, 0.25) is 5.91 Å². The lowest BCUT2D eigenvalue weighted by molar-refractivity contribution is -0.160. The molecule has 0 aromatic heterocycles. The lowest BCUT2D eigenvalue weighted by Gasteiger charge is -2.29. The lowest BCUT2D eigenvalue weighted by atomic mass is 10.0. The molecule has 0 spiro atoms. The Hall–Kier alpha value is -0.710. The van der Waals surface area contributed by atoms with Gasteiger partial charge in [-0.15, -0.1) is 11.8 Å². The molecule has 1 aliphatic heterocycles. The fourth-order valence-corrected chi connectivity index (χ4v) is 3.33. The first-order valence-electron chi connectivity index (χ1n) is 7.23. The summed E-state index contributed by atoms with van der Waals surface area (Å²) in [5.41, 5.74) is -0.541. The Kier molecular flexibility index (Phi) is 5.53. The van der Waals surface area contributed by atoms with Crippen LogP contribution in [0.1, 0.15) is 54.4 Å². The Bertz CT molecular complexity index is 368. The molecule has 1 unspecified atom stereocenters. The van der Waals surface area contributed by atoms with Crippen LogP contribution in [0.3, 0.4) is 0 Å². The quantitative estimate of drug-likeness (QED) is 0.811. The summed E-state index contributed by atoms with van der Waals surface area (Å²) in [5.74, 6) is 0.601. The number of nitrogens with one attached hydrogen (secondary N) is 1. The fraction of sp³-hybridized carbons (Fsp3) is 0.867. The van der Waals surface area contributed by atoms with Crippen molar-refractivity contribution in [1.82, 2.24) is 5.32 Å². The molecule has 1 rings (SSSR count). The van der Waals surface area contributed by atoms with Crippen LogP contribution in [0.25, 0.3) is 0 Å². The number of hydrogen-bond donors (Lipinski definition) is 1. The molecule has 1 aliphatic rings. The van der Waals surface area contributed by atoms with E-state index in [1.165, 1.54) is 0 Å². The maximum absolute atomic E-state index is 12.4. The summed E-state index contributed by atoms with van der Waals surface area (Å²) in [4.78, 5) is 24.6. The number of hydrogen-bond acceptors (Lipinski definition) is 4. The summed E-state index contributed by atoms with van der Waals surface area (Å²) in [6, 6.07) is -0.584. The van der Waals surface area contributed by atoms with E-state index in [1.54, 1.807) is 11.8 Å². The highest BCUT2D eigenvalue weighted by Gasteiger charge is 2.40. The smallest absolute Gasteiger partial charge is 0.329 e. The van der Waals surface area contributed by atoms with Crippen molar-refractivity contribution in [3.05, 3.63) is 0 Å². The Morgan fingerprint density at radius 1 is 1.30 bits per heavy atom. The van der Waals surface area contributed by atoms with E-state index in [2.05, 4.69) is 5.32 Å². The van der Waals surface area contributed by atoms with E-state index in [1.807, 2.05) is 41.5 Å². The van der Waals surface area contributed by atoms with Crippen LogP contribution in [0.4, 0.5) is 0 Å². The van der Waals surface area contributed by atoms with Gasteiger partial charge in [0.15, 0.2) is 0 Å². The predicted octanol–water partition coefficient (Wildman–Crippen LogP) is 2.75. The Labute approximate surface area is 126 Å². The van der Waals surface area contributed by atoms with Crippen LogP contribution in [-0.4, -0.2) is 34.0 Å². The average molecular weight is 301 g/mol. The molecule has 0 radical (unpaired) electrons. The van der Waals surface area contributed by atoms with Gasteiger partial charge in [-0.25, -0.2) is 4.79 Å². The third kappa shape index (κ3) is 4.69. The van der Waals surface area contributed by atoms with Crippen molar-refractivity contribution in [3.63, 3.8) is 0 Å². The number of ether oxygens (including phenoxy) is 1. The van der Waals surface area contributed by atoms with Crippen molar-refractivity contribution in [2.24, 2.45) is 5.92 Å². The molecular formula is C15H27NO3S. The number of rotatable bonds is 4. The zero-order valence-corrected chi connectivity index (χ0v) is 14.2. The maximum Gasteiger partial charge on any atom is 0.329 e. The van der Waals surface area contributed by atoms with Crippen LogP contribution in [0.15, 0.2) is 0 Å². The van der Waals surface area contributed by atoms with Crippen LogP contribution in [-0.2, 0) is 14.3 Å². The SMILES string of the molecule is CC(C)[C@@H](NC(=O)C1(C)CCCS1)C(=O)OC(C)(C)C. The minimum Gasteiger partial charge on any atom is -0.458 e. The number of carbonyl (C=O) groups excluding carboxylic acids is 2. The fourth-order valence-electron chi connectivity index (χ4n) is 2.12. The van der Waals surface area contributed by atoms with Crippen molar-refractivity contribution in [3.8, 4) is 0 Å². The number of esters is 1. The normalized spacial score (nSPS) is 24.6. The van der Waals surface area contributed by atoms with Gasteiger partial charge in [-0.05, 0) is 52.2 Å². The van der Waals surface area contributed by atoms with Crippen molar-refractivity contribution in [2.75, 3.05) is 5.75 Å². The van der Waals surface area contributed by atoms with Gasteiger partial charge in [0.05, 0.1) is 4.75 Å². The zero-order chi connectivity index (χ0) is 15.6. The Morgan fingerprint density at radius 3 is 2.30 bits per heavy atom. The topological polar surface area (TPSA) is 55.4 Å². The minimum atomic E-state index is -0.584. The van der Waals surface area contributed by atoms with Crippen LogP contribution in [0.5, 0.6) is 0 Å². The van der Waals surface area contributed by atoms with Crippen molar-refractivity contribution >= 4 is 23.6 Å². The molecule has 1 fully saturated rings. The van der Waals surface area contributed by atoms with E-state index in [4.69, 9.17) is 4.74 Å². The summed E-state index contributed by atoms with van der Waals surface area (Å²) in [6.45, 7) is 11.3. The van der Waals surface area contributed by atoms with Gasteiger partial charge >= 0.3 is 5.97 Å². The average Bonchev–Trinajstić information content (AvgIpc) is 2.70. The largest absolute Gasteiger partial charge is 0.458 e. The Balaban J connectivity index is 2.72. The van der Waals surface area contributed by atoms with E-state index < -0.39 is 16.4 Å². The van der Waals surface area contributed by atoms with E-state index in [0.717, 1.165) is 18.6 Å². The second-order valence-electron chi connectivity index (χ2n) is 6.91. The number of thioether (sulfide) groups is 1. The molecule has 116 valence electrons. The molecule has 0 saturated carbocycles. The van der Waals surface area contributed by atoms with Crippen LogP contribution in [0.2, 0.25) is 0 Å². The van der Waals surface area contributed by atoms with Crippen molar-refractivity contribution < 1.29 is 14.3 Å². The summed E-state index contributed by atoms with van der Waals surface area (Å²) < 4.78 is 4.99. The molecule has 4 nitrogen and oxygen atoms in total. The maximum atomic E-state index is 12.4. The second-order valence-corrected chi connectivity index (χ2v) is 8.51. The molecule has 2 atom stereocenters. The van der Waals surface area contributed by atoms with Gasteiger partial charge in [-0.1, -0.05) is 13.8 Å². The van der Waals surface area contributed by atoms with Gasteiger partial charge in [0, 0.05) is 0 Å². The first-order valence-corrected chi connectivity index (χ1v) is 8.21. The van der Waals surface area contributed by atoms with E-state index in [0.29, 0.717) is 0 Å². The van der Waals surface area contributed by atoms with Crippen molar-refractivity contribution in [1.29, 1.82) is 0 Å².